The van der Waals surface area contributed by atoms with Crippen LogP contribution in [0.25, 0.3) is 0 Å². The summed E-state index contributed by atoms with van der Waals surface area (Å²) in [5.41, 5.74) is -3.15. The van der Waals surface area contributed by atoms with Crippen molar-refractivity contribution in [2.45, 2.75) is 83.9 Å². The smallest absolute Gasteiger partial charge is 0.352 e. The molecule has 2 fully saturated rings. The maximum atomic E-state index is 15.7. The normalized spacial score (nSPS) is 23.7. The van der Waals surface area contributed by atoms with Crippen molar-refractivity contribution in [2.24, 2.45) is 10.8 Å². The lowest BCUT2D eigenvalue weighted by Gasteiger charge is -2.51. The van der Waals surface area contributed by atoms with Crippen LogP contribution in [0.4, 0.5) is 8.78 Å². The van der Waals surface area contributed by atoms with Crippen molar-refractivity contribution >= 4 is 5.91 Å². The molecule has 1 N–H and O–H groups in total. The molecule has 0 unspecified atom stereocenters. The third kappa shape index (κ3) is 4.67. The fourth-order valence-electron chi connectivity index (χ4n) is 6.27. The van der Waals surface area contributed by atoms with Crippen molar-refractivity contribution in [1.82, 2.24) is 14.6 Å². The third-order valence-corrected chi connectivity index (χ3v) is 6.98. The minimum absolute atomic E-state index is 0.109. The summed E-state index contributed by atoms with van der Waals surface area (Å²) in [5.74, 6) is -4.79. The van der Waals surface area contributed by atoms with Gasteiger partial charge in [0.1, 0.15) is 11.3 Å². The van der Waals surface area contributed by atoms with Crippen LogP contribution in [0.5, 0.6) is 0 Å². The zero-order valence-corrected chi connectivity index (χ0v) is 20.2. The Labute approximate surface area is 197 Å². The quantitative estimate of drug-likeness (QED) is 0.699. The fourth-order valence-corrected chi connectivity index (χ4v) is 6.27. The van der Waals surface area contributed by atoms with Crippen molar-refractivity contribution in [3.05, 3.63) is 52.3 Å². The molecule has 9 heteroatoms. The maximum Gasteiger partial charge on any atom is 0.352 e. The van der Waals surface area contributed by atoms with Gasteiger partial charge in [-0.3, -0.25) is 9.59 Å². The molecule has 4 rings (SSSR count). The SMILES string of the molecule is CC1(C)CC(C)(C)CC(O)(C(F)(F)C(=O)N2CCC[C@H]2c2cc(Cn3ccc(=O)cc3)on2)C1. The van der Waals surface area contributed by atoms with Gasteiger partial charge in [0.15, 0.2) is 11.2 Å². The lowest BCUT2D eigenvalue weighted by Crippen LogP contribution is -2.62. The number of likely N-dealkylation sites (tertiary alicyclic amines) is 1. The molecular weight excluding hydrogens is 444 g/mol. The molecule has 1 saturated carbocycles. The van der Waals surface area contributed by atoms with Crippen LogP contribution in [-0.2, 0) is 11.3 Å². The van der Waals surface area contributed by atoms with E-state index in [2.05, 4.69) is 5.16 Å². The first-order valence-corrected chi connectivity index (χ1v) is 11.7. The third-order valence-electron chi connectivity index (χ3n) is 6.98. The van der Waals surface area contributed by atoms with E-state index in [-0.39, 0.29) is 24.8 Å². The number of hydrogen-bond donors (Lipinski definition) is 1. The molecule has 1 atom stereocenters. The van der Waals surface area contributed by atoms with Crippen molar-refractivity contribution in [3.63, 3.8) is 0 Å². The van der Waals surface area contributed by atoms with Gasteiger partial charge in [-0.2, -0.15) is 8.78 Å². The Balaban J connectivity index is 1.55. The van der Waals surface area contributed by atoms with E-state index in [1.54, 1.807) is 23.0 Å². The standard InChI is InChI=1S/C25H33F2N3O4/c1-22(2)14-23(3,4)16-24(33,15-22)25(26,27)21(32)30-9-5-6-20(30)19-12-18(34-28-19)13-29-10-7-17(31)8-11-29/h7-8,10-12,20,33H,5-6,9,13-16H2,1-4H3/t20-/m0/s1. The number of aromatic nitrogens is 2. The summed E-state index contributed by atoms with van der Waals surface area (Å²) < 4.78 is 38.6. The number of aliphatic hydroxyl groups is 1. The summed E-state index contributed by atoms with van der Waals surface area (Å²) in [6, 6.07) is 3.87. The van der Waals surface area contributed by atoms with Crippen LogP contribution in [-0.4, -0.2) is 43.7 Å². The monoisotopic (exact) mass is 477 g/mol. The van der Waals surface area contributed by atoms with Gasteiger partial charge >= 0.3 is 5.92 Å². The van der Waals surface area contributed by atoms with Gasteiger partial charge in [-0.25, -0.2) is 0 Å². The van der Waals surface area contributed by atoms with Crippen LogP contribution in [0, 0.1) is 10.8 Å². The molecule has 0 aromatic carbocycles. The Bertz CT molecular complexity index is 1080. The minimum Gasteiger partial charge on any atom is -0.383 e. The summed E-state index contributed by atoms with van der Waals surface area (Å²) in [7, 11) is 0. The number of carbonyl (C=O) groups excluding carboxylic acids is 1. The van der Waals surface area contributed by atoms with E-state index in [1.807, 2.05) is 27.7 Å². The highest BCUT2D eigenvalue weighted by atomic mass is 19.3. The largest absolute Gasteiger partial charge is 0.383 e. The second-order valence-corrected chi connectivity index (χ2v) is 11.5. The van der Waals surface area contributed by atoms with Crippen LogP contribution in [0.2, 0.25) is 0 Å². The molecule has 1 aliphatic carbocycles. The van der Waals surface area contributed by atoms with Crippen molar-refractivity contribution in [1.29, 1.82) is 0 Å². The number of halogens is 2. The Morgan fingerprint density at radius 2 is 1.79 bits per heavy atom. The van der Waals surface area contributed by atoms with Crippen LogP contribution in [0.1, 0.15) is 77.3 Å². The molecule has 1 amide bonds. The lowest BCUT2D eigenvalue weighted by atomic mass is 9.58. The van der Waals surface area contributed by atoms with Gasteiger partial charge in [0.05, 0.1) is 12.6 Å². The van der Waals surface area contributed by atoms with E-state index < -0.39 is 34.3 Å². The number of pyridine rings is 1. The predicted octanol–water partition coefficient (Wildman–Crippen LogP) is 4.15. The zero-order valence-electron chi connectivity index (χ0n) is 20.2. The first-order valence-electron chi connectivity index (χ1n) is 11.7. The lowest BCUT2D eigenvalue weighted by molar-refractivity contribution is -0.231. The summed E-state index contributed by atoms with van der Waals surface area (Å²) in [5, 5.41) is 15.2. The Kier molecular flexibility index (Phi) is 5.99. The van der Waals surface area contributed by atoms with Crippen LogP contribution in [0.15, 0.2) is 39.9 Å². The predicted molar refractivity (Wildman–Crippen MR) is 121 cm³/mol. The van der Waals surface area contributed by atoms with Crippen molar-refractivity contribution in [2.75, 3.05) is 6.54 Å². The summed E-state index contributed by atoms with van der Waals surface area (Å²) in [6.07, 6.45) is 4.68. The second kappa shape index (κ2) is 8.29. The van der Waals surface area contributed by atoms with E-state index in [4.69, 9.17) is 4.52 Å². The highest BCUT2D eigenvalue weighted by Crippen LogP contribution is 2.55. The Morgan fingerprint density at radius 1 is 1.18 bits per heavy atom. The van der Waals surface area contributed by atoms with Gasteiger partial charge in [0, 0.05) is 37.1 Å². The molecule has 186 valence electrons. The van der Waals surface area contributed by atoms with Gasteiger partial charge in [0.2, 0.25) is 0 Å². The number of rotatable bonds is 5. The van der Waals surface area contributed by atoms with Crippen LogP contribution >= 0.6 is 0 Å². The summed E-state index contributed by atoms with van der Waals surface area (Å²) in [4.78, 5) is 25.7. The second-order valence-electron chi connectivity index (χ2n) is 11.5. The molecule has 3 heterocycles. The van der Waals surface area contributed by atoms with Gasteiger partial charge in [0.25, 0.3) is 5.91 Å². The minimum atomic E-state index is -3.92. The topological polar surface area (TPSA) is 88.6 Å². The average molecular weight is 478 g/mol. The van der Waals surface area contributed by atoms with Gasteiger partial charge in [-0.15, -0.1) is 0 Å². The molecule has 2 aromatic heterocycles. The molecule has 0 radical (unpaired) electrons. The zero-order chi connectivity index (χ0) is 24.9. The first-order chi connectivity index (χ1) is 15.7. The van der Waals surface area contributed by atoms with Crippen LogP contribution < -0.4 is 5.43 Å². The number of hydrogen-bond acceptors (Lipinski definition) is 5. The summed E-state index contributed by atoms with van der Waals surface area (Å²) >= 11 is 0. The molecule has 1 aliphatic heterocycles. The molecule has 0 spiro atoms. The number of nitrogens with zero attached hydrogens (tertiary/aromatic N) is 3. The Morgan fingerprint density at radius 3 is 2.41 bits per heavy atom. The van der Waals surface area contributed by atoms with E-state index in [9.17, 15) is 14.7 Å². The van der Waals surface area contributed by atoms with Gasteiger partial charge in [-0.1, -0.05) is 32.9 Å². The van der Waals surface area contributed by atoms with Gasteiger partial charge in [-0.05, 0) is 42.9 Å². The van der Waals surface area contributed by atoms with E-state index in [1.165, 1.54) is 12.1 Å². The molecule has 34 heavy (non-hydrogen) atoms. The summed E-state index contributed by atoms with van der Waals surface area (Å²) in [6.45, 7) is 7.92. The average Bonchev–Trinajstić information content (AvgIpc) is 3.35. The fraction of sp³-hybridized carbons (Fsp3) is 0.640. The molecule has 2 aliphatic rings. The number of carbonyl (C=O) groups is 1. The van der Waals surface area contributed by atoms with E-state index in [0.29, 0.717) is 37.3 Å². The van der Waals surface area contributed by atoms with Crippen molar-refractivity contribution < 1.29 is 23.2 Å². The van der Waals surface area contributed by atoms with Crippen LogP contribution in [0.3, 0.4) is 0 Å². The molecule has 2 aromatic rings. The number of alkyl halides is 2. The highest BCUT2D eigenvalue weighted by molar-refractivity contribution is 5.85. The number of amides is 1. The van der Waals surface area contributed by atoms with E-state index in [0.717, 1.165) is 4.90 Å². The highest BCUT2D eigenvalue weighted by Gasteiger charge is 2.65. The van der Waals surface area contributed by atoms with Gasteiger partial charge < -0.3 is 19.1 Å². The molecule has 0 bridgehead atoms. The first kappa shape index (κ1) is 24.6. The molecular formula is C25H33F2N3O4. The Hall–Kier alpha value is -2.55. The van der Waals surface area contributed by atoms with Crippen molar-refractivity contribution in [3.8, 4) is 0 Å². The van der Waals surface area contributed by atoms with E-state index >= 15 is 8.78 Å². The maximum absolute atomic E-state index is 15.7. The molecule has 1 saturated heterocycles. The molecule has 7 nitrogen and oxygen atoms in total.